The van der Waals surface area contributed by atoms with Crippen molar-refractivity contribution in [1.82, 2.24) is 0 Å². The lowest BCUT2D eigenvalue weighted by atomic mass is 9.96. The zero-order chi connectivity index (χ0) is 14.5. The molecule has 1 fully saturated rings. The highest BCUT2D eigenvalue weighted by molar-refractivity contribution is 6.31. The van der Waals surface area contributed by atoms with Gasteiger partial charge < -0.3 is 5.32 Å². The molecule has 0 amide bonds. The molecule has 1 aromatic carbocycles. The lowest BCUT2D eigenvalue weighted by Gasteiger charge is -2.22. The predicted octanol–water partition coefficient (Wildman–Crippen LogP) is 4.91. The molecule has 1 saturated carbocycles. The molecule has 0 unspecified atom stereocenters. The maximum absolute atomic E-state index is 13.4. The van der Waals surface area contributed by atoms with Crippen LogP contribution in [0.2, 0.25) is 5.02 Å². The van der Waals surface area contributed by atoms with E-state index in [0.717, 1.165) is 31.7 Å². The van der Waals surface area contributed by atoms with Gasteiger partial charge in [-0.2, -0.15) is 0 Å². The van der Waals surface area contributed by atoms with Crippen LogP contribution in [0.25, 0.3) is 0 Å². The molecule has 0 aliphatic heterocycles. The highest BCUT2D eigenvalue weighted by atomic mass is 35.5. The number of nitro benzene ring substituents is 1. The van der Waals surface area contributed by atoms with E-state index in [9.17, 15) is 14.5 Å². The van der Waals surface area contributed by atoms with E-state index in [0.29, 0.717) is 5.69 Å². The second-order valence-electron chi connectivity index (χ2n) is 5.23. The van der Waals surface area contributed by atoms with Crippen LogP contribution in [0, 0.1) is 15.9 Å². The van der Waals surface area contributed by atoms with Crippen molar-refractivity contribution < 1.29 is 9.31 Å². The first-order valence-electron chi connectivity index (χ1n) is 6.98. The van der Waals surface area contributed by atoms with E-state index in [4.69, 9.17) is 11.6 Å². The Balaban J connectivity index is 2.18. The molecular formula is C14H18ClFN2O2. The monoisotopic (exact) mass is 300 g/mol. The fourth-order valence-corrected chi connectivity index (χ4v) is 2.79. The van der Waals surface area contributed by atoms with Crippen molar-refractivity contribution >= 4 is 23.0 Å². The van der Waals surface area contributed by atoms with E-state index in [1.807, 2.05) is 0 Å². The van der Waals surface area contributed by atoms with Crippen LogP contribution >= 0.6 is 11.6 Å². The van der Waals surface area contributed by atoms with E-state index in [2.05, 4.69) is 5.32 Å². The summed E-state index contributed by atoms with van der Waals surface area (Å²) in [6, 6.07) is 2.39. The second-order valence-corrected chi connectivity index (χ2v) is 5.63. The summed E-state index contributed by atoms with van der Waals surface area (Å²) in [7, 11) is 0. The Hall–Kier alpha value is -1.36. The molecule has 1 aromatic rings. The van der Waals surface area contributed by atoms with E-state index in [1.165, 1.54) is 25.3 Å². The van der Waals surface area contributed by atoms with Gasteiger partial charge in [0.05, 0.1) is 16.0 Å². The number of nitro groups is 1. The van der Waals surface area contributed by atoms with Gasteiger partial charge in [0.2, 0.25) is 0 Å². The number of halogens is 2. The maximum Gasteiger partial charge on any atom is 0.295 e. The van der Waals surface area contributed by atoms with Gasteiger partial charge in [0, 0.05) is 6.04 Å². The molecule has 110 valence electrons. The lowest BCUT2D eigenvalue weighted by molar-refractivity contribution is -0.384. The molecule has 20 heavy (non-hydrogen) atoms. The Labute approximate surface area is 122 Å². The van der Waals surface area contributed by atoms with Crippen LogP contribution in [0.5, 0.6) is 0 Å². The van der Waals surface area contributed by atoms with Crippen LogP contribution < -0.4 is 5.32 Å². The number of rotatable bonds is 3. The largest absolute Gasteiger partial charge is 0.377 e. The van der Waals surface area contributed by atoms with Gasteiger partial charge >= 0.3 is 0 Å². The van der Waals surface area contributed by atoms with Crippen molar-refractivity contribution in [2.75, 3.05) is 5.32 Å². The molecule has 1 aliphatic carbocycles. The smallest absolute Gasteiger partial charge is 0.295 e. The first kappa shape index (κ1) is 15.0. The van der Waals surface area contributed by atoms with Crippen molar-refractivity contribution in [2.45, 2.75) is 51.0 Å². The van der Waals surface area contributed by atoms with Gasteiger partial charge in [0.1, 0.15) is 11.5 Å². The summed E-state index contributed by atoms with van der Waals surface area (Å²) in [4.78, 5) is 10.4. The number of nitrogens with one attached hydrogen (secondary N) is 1. The molecule has 1 aliphatic rings. The summed E-state index contributed by atoms with van der Waals surface area (Å²) < 4.78 is 13.4. The zero-order valence-corrected chi connectivity index (χ0v) is 12.0. The first-order valence-corrected chi connectivity index (χ1v) is 7.35. The van der Waals surface area contributed by atoms with Crippen LogP contribution in [-0.2, 0) is 0 Å². The highest BCUT2D eigenvalue weighted by Crippen LogP contribution is 2.32. The number of anilines is 1. The molecule has 0 radical (unpaired) electrons. The lowest BCUT2D eigenvalue weighted by Crippen LogP contribution is -2.21. The average Bonchev–Trinajstić information content (AvgIpc) is 2.36. The molecule has 0 bridgehead atoms. The summed E-state index contributed by atoms with van der Waals surface area (Å²) in [5.41, 5.74) is 0.0564. The minimum Gasteiger partial charge on any atom is -0.377 e. The molecule has 2 rings (SSSR count). The van der Waals surface area contributed by atoms with Crippen molar-refractivity contribution in [3.8, 4) is 0 Å². The van der Waals surface area contributed by atoms with Gasteiger partial charge in [-0.05, 0) is 18.9 Å². The van der Waals surface area contributed by atoms with Gasteiger partial charge in [0.25, 0.3) is 5.69 Å². The van der Waals surface area contributed by atoms with Crippen LogP contribution in [-0.4, -0.2) is 11.0 Å². The topological polar surface area (TPSA) is 55.2 Å². The van der Waals surface area contributed by atoms with E-state index >= 15 is 0 Å². The summed E-state index contributed by atoms with van der Waals surface area (Å²) in [5, 5.41) is 14.1. The minimum absolute atomic E-state index is 0.0936. The third-order valence-electron chi connectivity index (χ3n) is 3.70. The molecule has 0 saturated heterocycles. The Morgan fingerprint density at radius 1 is 1.20 bits per heavy atom. The zero-order valence-electron chi connectivity index (χ0n) is 11.2. The molecule has 0 aromatic heterocycles. The molecule has 6 heteroatoms. The molecule has 0 spiro atoms. The molecule has 0 heterocycles. The van der Waals surface area contributed by atoms with Crippen LogP contribution in [0.4, 0.5) is 15.8 Å². The summed E-state index contributed by atoms with van der Waals surface area (Å²) in [6.07, 6.45) is 7.84. The van der Waals surface area contributed by atoms with Crippen molar-refractivity contribution in [1.29, 1.82) is 0 Å². The fraction of sp³-hybridized carbons (Fsp3) is 0.571. The van der Waals surface area contributed by atoms with Gasteiger partial charge in [-0.1, -0.05) is 43.7 Å². The average molecular weight is 301 g/mol. The molecule has 0 atom stereocenters. The van der Waals surface area contributed by atoms with E-state index < -0.39 is 10.7 Å². The van der Waals surface area contributed by atoms with Crippen LogP contribution in [0.3, 0.4) is 0 Å². The van der Waals surface area contributed by atoms with Crippen molar-refractivity contribution in [2.24, 2.45) is 0 Å². The van der Waals surface area contributed by atoms with Crippen molar-refractivity contribution in [3.05, 3.63) is 33.1 Å². The van der Waals surface area contributed by atoms with E-state index in [-0.39, 0.29) is 16.8 Å². The predicted molar refractivity (Wildman–Crippen MR) is 77.8 cm³/mol. The van der Waals surface area contributed by atoms with Crippen LogP contribution in [0.15, 0.2) is 12.1 Å². The summed E-state index contributed by atoms with van der Waals surface area (Å²) >= 11 is 5.73. The van der Waals surface area contributed by atoms with Crippen LogP contribution in [0.1, 0.15) is 44.9 Å². The summed E-state index contributed by atoms with van der Waals surface area (Å²) in [5.74, 6) is -0.762. The molecule has 1 N–H and O–H groups in total. The highest BCUT2D eigenvalue weighted by Gasteiger charge is 2.20. The number of benzene rings is 1. The number of hydrogen-bond acceptors (Lipinski definition) is 3. The molecular weight excluding hydrogens is 283 g/mol. The summed E-state index contributed by atoms with van der Waals surface area (Å²) in [6.45, 7) is 0. The third kappa shape index (κ3) is 3.82. The van der Waals surface area contributed by atoms with Gasteiger partial charge in [-0.15, -0.1) is 0 Å². The third-order valence-corrected chi connectivity index (χ3v) is 3.99. The Morgan fingerprint density at radius 2 is 1.80 bits per heavy atom. The number of nitrogens with zero attached hydrogens (tertiary/aromatic N) is 1. The van der Waals surface area contributed by atoms with E-state index in [1.54, 1.807) is 0 Å². The van der Waals surface area contributed by atoms with Gasteiger partial charge in [0.15, 0.2) is 0 Å². The van der Waals surface area contributed by atoms with Gasteiger partial charge in [-0.3, -0.25) is 10.1 Å². The Bertz CT molecular complexity index is 488. The maximum atomic E-state index is 13.4. The number of hydrogen-bond donors (Lipinski definition) is 1. The second kappa shape index (κ2) is 6.88. The van der Waals surface area contributed by atoms with Crippen molar-refractivity contribution in [3.63, 3.8) is 0 Å². The molecule has 4 nitrogen and oxygen atoms in total. The first-order chi connectivity index (χ1) is 9.58. The fourth-order valence-electron chi connectivity index (χ4n) is 2.62. The standard InChI is InChI=1S/C14H18ClFN2O2/c15-11-8-13(14(18(19)20)9-12(11)16)17-10-6-4-2-1-3-5-7-10/h8-10,17H,1-7H2. The Kier molecular flexibility index (Phi) is 5.17. The SMILES string of the molecule is O=[N+]([O-])c1cc(F)c(Cl)cc1NC1CCCCCCC1. The Morgan fingerprint density at radius 3 is 2.40 bits per heavy atom. The minimum atomic E-state index is -0.762. The quantitative estimate of drug-likeness (QED) is 0.637. The normalized spacial score (nSPS) is 17.3. The van der Waals surface area contributed by atoms with Gasteiger partial charge in [-0.25, -0.2) is 4.39 Å².